The van der Waals surface area contributed by atoms with Crippen molar-refractivity contribution in [2.75, 3.05) is 16.8 Å². The topological polar surface area (TPSA) is 95.9 Å². The molecule has 0 spiro atoms. The summed E-state index contributed by atoms with van der Waals surface area (Å²) in [6.07, 6.45) is 0.510. The SMILES string of the molecule is O=C(Nc1ccc(F)cc1Cl)C1=NN(C2CCS(=O)(=O)C2)C(=O)CC1. The van der Waals surface area contributed by atoms with Gasteiger partial charge < -0.3 is 5.32 Å². The highest BCUT2D eigenvalue weighted by Crippen LogP contribution is 2.24. The van der Waals surface area contributed by atoms with E-state index in [1.165, 1.54) is 6.07 Å². The van der Waals surface area contributed by atoms with E-state index in [4.69, 9.17) is 11.6 Å². The van der Waals surface area contributed by atoms with Crippen LogP contribution in [-0.2, 0) is 19.4 Å². The average Bonchev–Trinajstić information content (AvgIpc) is 2.90. The van der Waals surface area contributed by atoms with E-state index in [0.717, 1.165) is 17.1 Å². The summed E-state index contributed by atoms with van der Waals surface area (Å²) in [6, 6.07) is 3.00. The van der Waals surface area contributed by atoms with Crippen LogP contribution >= 0.6 is 11.6 Å². The molecular formula is C15H15ClFN3O4S. The number of carbonyl (C=O) groups excluding carboxylic acids is 2. The first-order chi connectivity index (χ1) is 11.7. The van der Waals surface area contributed by atoms with E-state index >= 15 is 0 Å². The predicted molar refractivity (Wildman–Crippen MR) is 90.6 cm³/mol. The van der Waals surface area contributed by atoms with Crippen LogP contribution in [-0.4, -0.2) is 48.5 Å². The lowest BCUT2D eigenvalue weighted by Gasteiger charge is -2.27. The number of sulfone groups is 1. The van der Waals surface area contributed by atoms with Crippen molar-refractivity contribution in [3.63, 3.8) is 0 Å². The summed E-state index contributed by atoms with van der Waals surface area (Å²) in [6.45, 7) is 0. The molecule has 1 N–H and O–H groups in total. The Bertz CT molecular complexity index is 872. The maximum atomic E-state index is 13.1. The Labute approximate surface area is 148 Å². The van der Waals surface area contributed by atoms with Crippen LogP contribution in [0.5, 0.6) is 0 Å². The molecule has 1 saturated heterocycles. The smallest absolute Gasteiger partial charge is 0.271 e. The van der Waals surface area contributed by atoms with Crippen LogP contribution in [0.1, 0.15) is 19.3 Å². The number of halogens is 2. The Morgan fingerprint density at radius 3 is 2.76 bits per heavy atom. The molecule has 2 heterocycles. The molecule has 2 aliphatic rings. The molecule has 0 aliphatic carbocycles. The van der Waals surface area contributed by atoms with Crippen LogP contribution in [0.2, 0.25) is 5.02 Å². The third kappa shape index (κ3) is 3.98. The van der Waals surface area contributed by atoms with Crippen LogP contribution < -0.4 is 5.32 Å². The van der Waals surface area contributed by atoms with Crippen molar-refractivity contribution < 1.29 is 22.4 Å². The second-order valence-corrected chi connectivity index (χ2v) is 8.56. The molecule has 1 fully saturated rings. The Balaban J connectivity index is 1.77. The minimum atomic E-state index is -3.18. The Morgan fingerprint density at radius 2 is 2.12 bits per heavy atom. The Hall–Kier alpha value is -2.00. The van der Waals surface area contributed by atoms with Gasteiger partial charge in [-0.25, -0.2) is 17.8 Å². The van der Waals surface area contributed by atoms with Gasteiger partial charge in [0.15, 0.2) is 9.84 Å². The van der Waals surface area contributed by atoms with Crippen LogP contribution in [0.4, 0.5) is 10.1 Å². The van der Waals surface area contributed by atoms with Crippen molar-refractivity contribution in [1.29, 1.82) is 0 Å². The fraction of sp³-hybridized carbons (Fsp3) is 0.400. The van der Waals surface area contributed by atoms with E-state index in [0.29, 0.717) is 6.42 Å². The molecule has 134 valence electrons. The van der Waals surface area contributed by atoms with Crippen molar-refractivity contribution in [3.8, 4) is 0 Å². The van der Waals surface area contributed by atoms with E-state index in [-0.39, 0.29) is 46.7 Å². The van der Waals surface area contributed by atoms with Gasteiger partial charge >= 0.3 is 0 Å². The molecule has 0 bridgehead atoms. The van der Waals surface area contributed by atoms with E-state index in [2.05, 4.69) is 10.4 Å². The number of hydrogen-bond acceptors (Lipinski definition) is 5. The lowest BCUT2D eigenvalue weighted by Crippen LogP contribution is -2.42. The quantitative estimate of drug-likeness (QED) is 0.851. The molecule has 1 atom stereocenters. The summed E-state index contributed by atoms with van der Waals surface area (Å²) in [4.78, 5) is 24.4. The number of hydrogen-bond donors (Lipinski definition) is 1. The van der Waals surface area contributed by atoms with Gasteiger partial charge in [-0.3, -0.25) is 9.59 Å². The highest BCUT2D eigenvalue weighted by Gasteiger charge is 2.37. The Kier molecular flexibility index (Phi) is 4.79. The normalized spacial score (nSPS) is 22.6. The first-order valence-electron chi connectivity index (χ1n) is 7.61. The molecule has 7 nitrogen and oxygen atoms in total. The lowest BCUT2D eigenvalue weighted by atomic mass is 10.1. The van der Waals surface area contributed by atoms with Gasteiger partial charge in [0, 0.05) is 12.8 Å². The van der Waals surface area contributed by atoms with Crippen LogP contribution in [0.3, 0.4) is 0 Å². The molecule has 2 aliphatic heterocycles. The number of benzene rings is 1. The third-order valence-electron chi connectivity index (χ3n) is 4.06. The fourth-order valence-electron chi connectivity index (χ4n) is 2.77. The van der Waals surface area contributed by atoms with Crippen LogP contribution in [0.15, 0.2) is 23.3 Å². The van der Waals surface area contributed by atoms with E-state index in [1.807, 2.05) is 0 Å². The number of nitrogens with zero attached hydrogens (tertiary/aromatic N) is 2. The molecule has 2 amide bonds. The molecular weight excluding hydrogens is 373 g/mol. The van der Waals surface area contributed by atoms with E-state index in [1.54, 1.807) is 0 Å². The van der Waals surface area contributed by atoms with Gasteiger partial charge in [-0.15, -0.1) is 0 Å². The maximum Gasteiger partial charge on any atom is 0.271 e. The van der Waals surface area contributed by atoms with Crippen molar-refractivity contribution in [2.45, 2.75) is 25.3 Å². The number of anilines is 1. The average molecular weight is 388 g/mol. The second-order valence-electron chi connectivity index (χ2n) is 5.92. The van der Waals surface area contributed by atoms with E-state index < -0.39 is 27.6 Å². The fourth-order valence-corrected chi connectivity index (χ4v) is 4.68. The van der Waals surface area contributed by atoms with Crippen LogP contribution in [0.25, 0.3) is 0 Å². The van der Waals surface area contributed by atoms with Gasteiger partial charge in [0.2, 0.25) is 5.91 Å². The molecule has 25 heavy (non-hydrogen) atoms. The summed E-state index contributed by atoms with van der Waals surface area (Å²) >= 11 is 5.87. The highest BCUT2D eigenvalue weighted by atomic mass is 35.5. The largest absolute Gasteiger partial charge is 0.320 e. The van der Waals surface area contributed by atoms with Gasteiger partial charge in [0.1, 0.15) is 11.5 Å². The van der Waals surface area contributed by atoms with Gasteiger partial charge in [-0.1, -0.05) is 11.6 Å². The number of rotatable bonds is 3. The van der Waals surface area contributed by atoms with Gasteiger partial charge in [0.25, 0.3) is 5.91 Å². The zero-order valence-corrected chi connectivity index (χ0v) is 14.6. The summed E-state index contributed by atoms with van der Waals surface area (Å²) in [5, 5.41) is 7.73. The molecule has 0 radical (unpaired) electrons. The van der Waals surface area contributed by atoms with Gasteiger partial charge in [-0.05, 0) is 24.6 Å². The monoisotopic (exact) mass is 387 g/mol. The summed E-state index contributed by atoms with van der Waals surface area (Å²) in [5.41, 5.74) is 0.326. The van der Waals surface area contributed by atoms with E-state index in [9.17, 15) is 22.4 Å². The molecule has 3 rings (SSSR count). The molecule has 1 aromatic rings. The molecule has 0 aromatic heterocycles. The summed E-state index contributed by atoms with van der Waals surface area (Å²) in [7, 11) is -3.18. The molecule has 0 saturated carbocycles. The minimum absolute atomic E-state index is 0.00365. The van der Waals surface area contributed by atoms with Gasteiger partial charge in [0.05, 0.1) is 28.3 Å². The zero-order valence-electron chi connectivity index (χ0n) is 13.0. The number of carbonyl (C=O) groups is 2. The number of amides is 2. The first kappa shape index (κ1) is 17.8. The van der Waals surface area contributed by atoms with Crippen molar-refractivity contribution >= 4 is 44.7 Å². The summed E-state index contributed by atoms with van der Waals surface area (Å²) < 4.78 is 36.3. The predicted octanol–water partition coefficient (Wildman–Crippen LogP) is 1.58. The summed E-state index contributed by atoms with van der Waals surface area (Å²) in [5.74, 6) is -1.55. The highest BCUT2D eigenvalue weighted by molar-refractivity contribution is 7.91. The standard InChI is InChI=1S/C15H15ClFN3O4S/c16-11-7-9(17)1-2-12(11)18-15(22)13-3-4-14(21)20(19-13)10-5-6-25(23,24)8-10/h1-2,7,10H,3-6,8H2,(H,18,22). The zero-order chi connectivity index (χ0) is 18.2. The maximum absolute atomic E-state index is 13.1. The lowest BCUT2D eigenvalue weighted by molar-refractivity contribution is -0.133. The van der Waals surface area contributed by atoms with Crippen LogP contribution in [0, 0.1) is 5.82 Å². The van der Waals surface area contributed by atoms with Crippen molar-refractivity contribution in [2.24, 2.45) is 5.10 Å². The minimum Gasteiger partial charge on any atom is -0.320 e. The Morgan fingerprint density at radius 1 is 1.36 bits per heavy atom. The first-order valence-corrected chi connectivity index (χ1v) is 9.81. The van der Waals surface area contributed by atoms with Crippen molar-refractivity contribution in [1.82, 2.24) is 5.01 Å². The molecule has 1 unspecified atom stereocenters. The second kappa shape index (κ2) is 6.72. The number of hydrazone groups is 1. The number of nitrogens with one attached hydrogen (secondary N) is 1. The molecule has 1 aromatic carbocycles. The molecule has 10 heteroatoms. The van der Waals surface area contributed by atoms with Crippen molar-refractivity contribution in [3.05, 3.63) is 29.0 Å². The van der Waals surface area contributed by atoms with Gasteiger partial charge in [-0.2, -0.15) is 5.10 Å². The third-order valence-corrected chi connectivity index (χ3v) is 6.12.